The molecular formula is C14H19NS. The zero-order valence-electron chi connectivity index (χ0n) is 9.61. The van der Waals surface area contributed by atoms with E-state index in [1.54, 1.807) is 0 Å². The van der Waals surface area contributed by atoms with E-state index in [9.17, 15) is 0 Å². The third-order valence-electron chi connectivity index (χ3n) is 2.97. The second-order valence-corrected chi connectivity index (χ2v) is 5.59. The van der Waals surface area contributed by atoms with Gasteiger partial charge in [-0.1, -0.05) is 36.9 Å². The minimum Gasteiger partial charge on any atom is -0.315 e. The van der Waals surface area contributed by atoms with E-state index in [-0.39, 0.29) is 0 Å². The summed E-state index contributed by atoms with van der Waals surface area (Å²) >= 11 is 2.11. The van der Waals surface area contributed by atoms with Crippen molar-refractivity contribution in [2.24, 2.45) is 0 Å². The summed E-state index contributed by atoms with van der Waals surface area (Å²) in [5.74, 6) is 1.26. The second-order valence-electron chi connectivity index (χ2n) is 4.18. The molecule has 0 spiro atoms. The summed E-state index contributed by atoms with van der Waals surface area (Å²) in [6.45, 7) is 6.12. The largest absolute Gasteiger partial charge is 0.315 e. The average Bonchev–Trinajstić information content (AvgIpc) is 2.38. The zero-order valence-corrected chi connectivity index (χ0v) is 10.4. The topological polar surface area (TPSA) is 12.0 Å². The van der Waals surface area contributed by atoms with Crippen LogP contribution in [0.2, 0.25) is 0 Å². The van der Waals surface area contributed by atoms with Crippen LogP contribution in [-0.2, 0) is 6.42 Å². The molecule has 1 atom stereocenters. The molecule has 1 nitrogen and oxygen atoms in total. The molecule has 1 aromatic carbocycles. The fraction of sp³-hybridized carbons (Fsp3) is 0.429. The summed E-state index contributed by atoms with van der Waals surface area (Å²) in [6, 6.07) is 8.74. The van der Waals surface area contributed by atoms with Gasteiger partial charge in [-0.2, -0.15) is 11.8 Å². The highest BCUT2D eigenvalue weighted by Crippen LogP contribution is 2.19. The highest BCUT2D eigenvalue weighted by Gasteiger charge is 2.12. The Labute approximate surface area is 102 Å². The lowest BCUT2D eigenvalue weighted by Crippen LogP contribution is -2.32. The Morgan fingerprint density at radius 1 is 1.38 bits per heavy atom. The Morgan fingerprint density at radius 3 is 2.81 bits per heavy atom. The summed E-state index contributed by atoms with van der Waals surface area (Å²) in [4.78, 5) is 0. The SMILES string of the molecule is C=Cc1ccc(CCC2CNCCS2)cc1. The van der Waals surface area contributed by atoms with Gasteiger partial charge in [0, 0.05) is 24.1 Å². The van der Waals surface area contributed by atoms with Gasteiger partial charge in [0.15, 0.2) is 0 Å². The molecule has 1 N–H and O–H groups in total. The minimum atomic E-state index is 0.799. The maximum atomic E-state index is 3.77. The molecule has 0 bridgehead atoms. The fourth-order valence-electron chi connectivity index (χ4n) is 1.95. The Bertz CT molecular complexity index is 325. The first-order valence-electron chi connectivity index (χ1n) is 5.92. The average molecular weight is 233 g/mol. The van der Waals surface area contributed by atoms with Gasteiger partial charge in [0.25, 0.3) is 0 Å². The highest BCUT2D eigenvalue weighted by molar-refractivity contribution is 8.00. The molecule has 86 valence electrons. The van der Waals surface area contributed by atoms with E-state index in [0.717, 1.165) is 5.25 Å². The molecule has 1 aliphatic heterocycles. The second kappa shape index (κ2) is 6.12. The van der Waals surface area contributed by atoms with Gasteiger partial charge < -0.3 is 5.32 Å². The van der Waals surface area contributed by atoms with Crippen molar-refractivity contribution in [3.8, 4) is 0 Å². The number of aryl methyl sites for hydroxylation is 1. The van der Waals surface area contributed by atoms with E-state index in [2.05, 4.69) is 47.9 Å². The molecule has 2 rings (SSSR count). The standard InChI is InChI=1S/C14H19NS/c1-2-12-3-5-13(6-4-12)7-8-14-11-15-9-10-16-14/h2-6,14-15H,1,7-11H2. The number of benzene rings is 1. The van der Waals surface area contributed by atoms with E-state index in [1.807, 2.05) is 6.08 Å². The number of thioether (sulfide) groups is 1. The van der Waals surface area contributed by atoms with E-state index in [1.165, 1.54) is 42.8 Å². The van der Waals surface area contributed by atoms with Crippen LogP contribution in [0.25, 0.3) is 6.08 Å². The van der Waals surface area contributed by atoms with Gasteiger partial charge in [0.05, 0.1) is 0 Å². The Balaban J connectivity index is 1.81. The van der Waals surface area contributed by atoms with Crippen LogP contribution in [0.5, 0.6) is 0 Å². The van der Waals surface area contributed by atoms with E-state index in [0.29, 0.717) is 0 Å². The van der Waals surface area contributed by atoms with Gasteiger partial charge in [-0.05, 0) is 24.0 Å². The first-order chi connectivity index (χ1) is 7.88. The molecule has 1 heterocycles. The van der Waals surface area contributed by atoms with Gasteiger partial charge in [-0.25, -0.2) is 0 Å². The van der Waals surface area contributed by atoms with Crippen LogP contribution >= 0.6 is 11.8 Å². The van der Waals surface area contributed by atoms with Crippen molar-refractivity contribution in [1.29, 1.82) is 0 Å². The van der Waals surface area contributed by atoms with Crippen LogP contribution in [0.15, 0.2) is 30.8 Å². The summed E-state index contributed by atoms with van der Waals surface area (Å²) in [6.07, 6.45) is 4.37. The lowest BCUT2D eigenvalue weighted by molar-refractivity contribution is 0.637. The summed E-state index contributed by atoms with van der Waals surface area (Å²) in [7, 11) is 0. The molecule has 0 aromatic heterocycles. The maximum absolute atomic E-state index is 3.77. The van der Waals surface area contributed by atoms with Crippen molar-refractivity contribution < 1.29 is 0 Å². The monoisotopic (exact) mass is 233 g/mol. The molecule has 1 aromatic rings. The molecule has 0 saturated carbocycles. The first kappa shape index (κ1) is 11.7. The van der Waals surface area contributed by atoms with Gasteiger partial charge in [0.1, 0.15) is 0 Å². The predicted octanol–water partition coefficient (Wildman–Crippen LogP) is 2.97. The number of hydrogen-bond acceptors (Lipinski definition) is 2. The molecule has 0 amide bonds. The Hall–Kier alpha value is -0.730. The van der Waals surface area contributed by atoms with Crippen LogP contribution < -0.4 is 5.32 Å². The molecule has 16 heavy (non-hydrogen) atoms. The van der Waals surface area contributed by atoms with Gasteiger partial charge in [-0.15, -0.1) is 0 Å². The third-order valence-corrected chi connectivity index (χ3v) is 4.29. The van der Waals surface area contributed by atoms with Crippen LogP contribution in [0, 0.1) is 0 Å². The van der Waals surface area contributed by atoms with Crippen molar-refractivity contribution >= 4 is 17.8 Å². The zero-order chi connectivity index (χ0) is 11.2. The Kier molecular flexibility index (Phi) is 4.49. The molecular weight excluding hydrogens is 214 g/mol. The van der Waals surface area contributed by atoms with Crippen molar-refractivity contribution in [1.82, 2.24) is 5.32 Å². The van der Waals surface area contributed by atoms with Gasteiger partial charge in [0.2, 0.25) is 0 Å². The molecule has 1 fully saturated rings. The molecule has 2 heteroatoms. The van der Waals surface area contributed by atoms with Crippen molar-refractivity contribution in [3.05, 3.63) is 42.0 Å². The lowest BCUT2D eigenvalue weighted by Gasteiger charge is -2.22. The van der Waals surface area contributed by atoms with Gasteiger partial charge >= 0.3 is 0 Å². The summed E-state index contributed by atoms with van der Waals surface area (Å²) < 4.78 is 0. The van der Waals surface area contributed by atoms with E-state index >= 15 is 0 Å². The van der Waals surface area contributed by atoms with Crippen molar-refractivity contribution in [2.75, 3.05) is 18.8 Å². The quantitative estimate of drug-likeness (QED) is 0.858. The van der Waals surface area contributed by atoms with Crippen molar-refractivity contribution in [3.63, 3.8) is 0 Å². The Morgan fingerprint density at radius 2 is 2.19 bits per heavy atom. The minimum absolute atomic E-state index is 0.799. The molecule has 0 aliphatic carbocycles. The number of rotatable bonds is 4. The normalized spacial score (nSPS) is 20.6. The highest BCUT2D eigenvalue weighted by atomic mass is 32.2. The molecule has 1 saturated heterocycles. The van der Waals surface area contributed by atoms with Crippen LogP contribution in [0.4, 0.5) is 0 Å². The van der Waals surface area contributed by atoms with Crippen molar-refractivity contribution in [2.45, 2.75) is 18.1 Å². The summed E-state index contributed by atoms with van der Waals surface area (Å²) in [5.41, 5.74) is 2.65. The lowest BCUT2D eigenvalue weighted by atomic mass is 10.1. The number of nitrogens with one attached hydrogen (secondary N) is 1. The molecule has 0 radical (unpaired) electrons. The number of hydrogen-bond donors (Lipinski definition) is 1. The maximum Gasteiger partial charge on any atom is 0.0176 e. The van der Waals surface area contributed by atoms with E-state index < -0.39 is 0 Å². The third kappa shape index (κ3) is 3.39. The smallest absolute Gasteiger partial charge is 0.0176 e. The predicted molar refractivity (Wildman–Crippen MR) is 74.0 cm³/mol. The fourth-order valence-corrected chi connectivity index (χ4v) is 3.07. The van der Waals surface area contributed by atoms with E-state index in [4.69, 9.17) is 0 Å². The van der Waals surface area contributed by atoms with Crippen LogP contribution in [-0.4, -0.2) is 24.1 Å². The molecule has 1 aliphatic rings. The van der Waals surface area contributed by atoms with Gasteiger partial charge in [-0.3, -0.25) is 0 Å². The molecule has 1 unspecified atom stereocenters. The van der Waals surface area contributed by atoms with Crippen LogP contribution in [0.1, 0.15) is 17.5 Å². The first-order valence-corrected chi connectivity index (χ1v) is 6.97. The summed E-state index contributed by atoms with van der Waals surface area (Å²) in [5, 5.41) is 4.25. The van der Waals surface area contributed by atoms with Crippen LogP contribution in [0.3, 0.4) is 0 Å².